The van der Waals surface area contributed by atoms with Crippen molar-refractivity contribution in [1.29, 1.82) is 0 Å². The highest BCUT2D eigenvalue weighted by molar-refractivity contribution is 6.68. The zero-order valence-corrected chi connectivity index (χ0v) is 10.6. The Balaban J connectivity index is 2.09. The van der Waals surface area contributed by atoms with Gasteiger partial charge in [0, 0.05) is 24.4 Å². The van der Waals surface area contributed by atoms with E-state index in [9.17, 15) is 14.2 Å². The third-order valence-corrected chi connectivity index (χ3v) is 3.29. The normalized spacial score (nSPS) is 13.1. The van der Waals surface area contributed by atoms with Crippen LogP contribution in [0.2, 0.25) is 6.32 Å². The van der Waals surface area contributed by atoms with Crippen LogP contribution in [0.25, 0.3) is 5.70 Å². The lowest BCUT2D eigenvalue weighted by Crippen LogP contribution is -2.28. The third kappa shape index (κ3) is 2.96. The monoisotopic (exact) mass is 262 g/mol. The van der Waals surface area contributed by atoms with Gasteiger partial charge in [-0.3, -0.25) is 4.79 Å². The van der Waals surface area contributed by atoms with Crippen molar-refractivity contribution < 1.29 is 14.2 Å². The van der Waals surface area contributed by atoms with E-state index < -0.39 is 6.92 Å². The summed E-state index contributed by atoms with van der Waals surface area (Å²) >= 11 is 0. The number of rotatable bonds is 6. The first-order valence-electron chi connectivity index (χ1n) is 6.24. The molecule has 1 aliphatic rings. The van der Waals surface area contributed by atoms with Crippen LogP contribution < -0.4 is 16.1 Å². The van der Waals surface area contributed by atoms with Crippen LogP contribution in [0.5, 0.6) is 0 Å². The average molecular weight is 262 g/mol. The average Bonchev–Trinajstić information content (AvgIpc) is 2.74. The molecule has 19 heavy (non-hydrogen) atoms. The number of carbonyl (C=O) groups excluding carboxylic acids is 1. The van der Waals surface area contributed by atoms with Gasteiger partial charge in [-0.15, -0.1) is 0 Å². The molecular weight excluding hydrogens is 246 g/mol. The molecule has 3 N–H and O–H groups in total. The molecule has 6 heteroatoms. The molecule has 0 spiro atoms. The van der Waals surface area contributed by atoms with Crippen LogP contribution in [-0.2, 0) is 11.2 Å². The lowest BCUT2D eigenvalue weighted by atomic mass is 9.63. The largest absolute Gasteiger partial charge is 0.446 e. The molecule has 0 atom stereocenters. The van der Waals surface area contributed by atoms with Crippen molar-refractivity contribution in [1.82, 2.24) is 10.6 Å². The number of aryl methyl sites for hydroxylation is 1. The van der Waals surface area contributed by atoms with E-state index in [-0.39, 0.29) is 5.82 Å². The maximum absolute atomic E-state index is 13.9. The van der Waals surface area contributed by atoms with Gasteiger partial charge in [-0.1, -0.05) is 12.6 Å². The fourth-order valence-electron chi connectivity index (χ4n) is 2.28. The van der Waals surface area contributed by atoms with Crippen LogP contribution in [0, 0.1) is 5.82 Å². The highest BCUT2D eigenvalue weighted by Crippen LogP contribution is 2.20. The van der Waals surface area contributed by atoms with Crippen molar-refractivity contribution in [2.75, 3.05) is 13.1 Å². The van der Waals surface area contributed by atoms with Crippen molar-refractivity contribution in [2.24, 2.45) is 0 Å². The number of carbonyl (C=O) groups is 1. The lowest BCUT2D eigenvalue weighted by Gasteiger charge is -2.12. The predicted molar refractivity (Wildman–Crippen MR) is 73.6 cm³/mol. The number of hydrogen-bond donors (Lipinski definition) is 3. The summed E-state index contributed by atoms with van der Waals surface area (Å²) in [5.41, 5.74) is 2.47. The molecule has 1 amide bonds. The summed E-state index contributed by atoms with van der Waals surface area (Å²) in [5.74, 6) is -0.339. The van der Waals surface area contributed by atoms with E-state index in [1.807, 2.05) is 0 Å². The molecule has 4 nitrogen and oxygen atoms in total. The SMILES string of the molecule is C=C(NCCNC=O)c1cc2c(cc1F)CCB2O. The number of halogens is 1. The first kappa shape index (κ1) is 13.6. The molecule has 1 aromatic carbocycles. The third-order valence-electron chi connectivity index (χ3n) is 3.29. The molecule has 0 fully saturated rings. The first-order valence-corrected chi connectivity index (χ1v) is 6.24. The van der Waals surface area contributed by atoms with Gasteiger partial charge >= 0.3 is 6.92 Å². The van der Waals surface area contributed by atoms with Gasteiger partial charge in [-0.25, -0.2) is 4.39 Å². The van der Waals surface area contributed by atoms with Gasteiger partial charge in [0.2, 0.25) is 6.41 Å². The molecular formula is C13H16BFN2O2. The zero-order chi connectivity index (χ0) is 13.8. The summed E-state index contributed by atoms with van der Waals surface area (Å²) < 4.78 is 13.9. The number of fused-ring (bicyclic) bond motifs is 1. The Bertz CT molecular complexity index is 508. The molecule has 1 heterocycles. The molecule has 0 aromatic heterocycles. The fourth-order valence-corrected chi connectivity index (χ4v) is 2.28. The second kappa shape index (κ2) is 5.88. The van der Waals surface area contributed by atoms with Gasteiger partial charge < -0.3 is 15.7 Å². The standard InChI is InChI=1S/C13H16BFN2O2/c1-9(17-5-4-16-8-18)11-7-12-10(6-13(11)15)2-3-14(12)19/h6-8,17,19H,1-5H2,(H,16,18). The van der Waals surface area contributed by atoms with E-state index in [1.54, 1.807) is 6.07 Å². The quantitative estimate of drug-likeness (QED) is 0.380. The second-order valence-corrected chi connectivity index (χ2v) is 4.56. The van der Waals surface area contributed by atoms with Crippen LogP contribution in [0.3, 0.4) is 0 Å². The number of nitrogens with one attached hydrogen (secondary N) is 2. The highest BCUT2D eigenvalue weighted by Gasteiger charge is 2.26. The van der Waals surface area contributed by atoms with Crippen LogP contribution in [0.1, 0.15) is 11.1 Å². The van der Waals surface area contributed by atoms with E-state index in [2.05, 4.69) is 17.2 Å². The smallest absolute Gasteiger partial charge is 0.324 e. The van der Waals surface area contributed by atoms with Gasteiger partial charge in [-0.05, 0) is 29.8 Å². The van der Waals surface area contributed by atoms with Crippen molar-refractivity contribution in [3.63, 3.8) is 0 Å². The Hall–Kier alpha value is -1.82. The highest BCUT2D eigenvalue weighted by atomic mass is 19.1. The summed E-state index contributed by atoms with van der Waals surface area (Å²) in [5, 5.41) is 15.2. The number of amides is 1. The topological polar surface area (TPSA) is 61.4 Å². The second-order valence-electron chi connectivity index (χ2n) is 4.56. The van der Waals surface area contributed by atoms with E-state index in [1.165, 1.54) is 6.07 Å². The van der Waals surface area contributed by atoms with Gasteiger partial charge in [0.05, 0.1) is 0 Å². The Labute approximate surface area is 111 Å². The summed E-state index contributed by atoms with van der Waals surface area (Å²) in [7, 11) is 0. The Morgan fingerprint density at radius 2 is 2.32 bits per heavy atom. The summed E-state index contributed by atoms with van der Waals surface area (Å²) in [6.07, 6.45) is 1.95. The summed E-state index contributed by atoms with van der Waals surface area (Å²) in [6, 6.07) is 3.13. The molecule has 1 aromatic rings. The Morgan fingerprint density at radius 1 is 1.53 bits per heavy atom. The molecule has 0 saturated carbocycles. The minimum atomic E-state index is -0.515. The van der Waals surface area contributed by atoms with Crippen LogP contribution in [0.15, 0.2) is 18.7 Å². The van der Waals surface area contributed by atoms with Crippen LogP contribution in [-0.4, -0.2) is 31.4 Å². The van der Waals surface area contributed by atoms with Crippen LogP contribution >= 0.6 is 0 Å². The Morgan fingerprint density at radius 3 is 3.05 bits per heavy atom. The van der Waals surface area contributed by atoms with Gasteiger partial charge in [0.15, 0.2) is 0 Å². The Kier molecular flexibility index (Phi) is 4.22. The minimum Gasteiger partial charge on any atom is -0.446 e. The van der Waals surface area contributed by atoms with E-state index in [0.717, 1.165) is 11.0 Å². The zero-order valence-electron chi connectivity index (χ0n) is 10.6. The predicted octanol–water partition coefficient (Wildman–Crippen LogP) is -0.121. The first-order chi connectivity index (χ1) is 9.13. The molecule has 0 unspecified atom stereocenters. The molecule has 0 saturated heterocycles. The molecule has 2 rings (SSSR count). The van der Waals surface area contributed by atoms with Crippen molar-refractivity contribution >= 4 is 24.5 Å². The van der Waals surface area contributed by atoms with Gasteiger partial charge in [-0.2, -0.15) is 0 Å². The van der Waals surface area contributed by atoms with E-state index in [4.69, 9.17) is 0 Å². The fraction of sp³-hybridized carbons (Fsp3) is 0.308. The summed E-state index contributed by atoms with van der Waals surface area (Å²) in [6.45, 7) is 4.18. The molecule has 0 bridgehead atoms. The molecule has 0 radical (unpaired) electrons. The van der Waals surface area contributed by atoms with E-state index in [0.29, 0.717) is 43.5 Å². The van der Waals surface area contributed by atoms with Gasteiger partial charge in [0.1, 0.15) is 5.82 Å². The molecule has 1 aliphatic heterocycles. The van der Waals surface area contributed by atoms with Crippen molar-refractivity contribution in [2.45, 2.75) is 12.7 Å². The van der Waals surface area contributed by atoms with Crippen LogP contribution in [0.4, 0.5) is 4.39 Å². The minimum absolute atomic E-state index is 0.339. The van der Waals surface area contributed by atoms with Gasteiger partial charge in [0.25, 0.3) is 0 Å². The number of hydrogen-bond acceptors (Lipinski definition) is 3. The maximum Gasteiger partial charge on any atom is 0.324 e. The van der Waals surface area contributed by atoms with E-state index >= 15 is 0 Å². The lowest BCUT2D eigenvalue weighted by molar-refractivity contribution is -0.109. The number of benzene rings is 1. The summed E-state index contributed by atoms with van der Waals surface area (Å²) in [4.78, 5) is 10.1. The van der Waals surface area contributed by atoms with Crippen molar-refractivity contribution in [3.05, 3.63) is 35.7 Å². The molecule has 0 aliphatic carbocycles. The maximum atomic E-state index is 13.9. The molecule has 100 valence electrons. The van der Waals surface area contributed by atoms with Crippen molar-refractivity contribution in [3.8, 4) is 0 Å².